The molecule has 31 heavy (non-hydrogen) atoms. The summed E-state index contributed by atoms with van der Waals surface area (Å²) in [5.74, 6) is -0.471. The summed E-state index contributed by atoms with van der Waals surface area (Å²) in [6.45, 7) is 5.57. The van der Waals surface area contributed by atoms with Crippen molar-refractivity contribution in [2.24, 2.45) is 17.4 Å². The Balaban J connectivity index is 2.14. The summed E-state index contributed by atoms with van der Waals surface area (Å²) >= 11 is -1.51. The maximum atomic E-state index is 13.3. The number of amides is 3. The van der Waals surface area contributed by atoms with E-state index in [0.29, 0.717) is 12.3 Å². The molecule has 1 saturated carbocycles. The van der Waals surface area contributed by atoms with Crippen LogP contribution < -0.4 is 16.2 Å². The lowest BCUT2D eigenvalue weighted by molar-refractivity contribution is -0.151. The molecule has 4 atom stereocenters. The molecule has 2 heterocycles. The number of pyridine rings is 1. The van der Waals surface area contributed by atoms with Gasteiger partial charge in [0.2, 0.25) is 5.72 Å². The molecule has 1 aromatic heterocycles. The zero-order valence-electron chi connectivity index (χ0n) is 18.3. The molecule has 0 spiro atoms. The smallest absolute Gasteiger partial charge is 0.317 e. The number of carbonyl (C=O) groups excluding carboxylic acids is 2. The van der Waals surface area contributed by atoms with E-state index in [4.69, 9.17) is 11.5 Å². The van der Waals surface area contributed by atoms with Crippen LogP contribution in [0.4, 0.5) is 4.79 Å². The summed E-state index contributed by atoms with van der Waals surface area (Å²) in [7, 11) is 0. The van der Waals surface area contributed by atoms with Crippen molar-refractivity contribution in [2.75, 3.05) is 0 Å². The Morgan fingerprint density at radius 3 is 2.39 bits per heavy atom. The molecular formula is C21H33N5O4S. The van der Waals surface area contributed by atoms with E-state index in [1.54, 1.807) is 24.5 Å². The van der Waals surface area contributed by atoms with Crippen molar-refractivity contribution in [3.63, 3.8) is 0 Å². The van der Waals surface area contributed by atoms with Crippen LogP contribution in [-0.4, -0.2) is 48.0 Å². The van der Waals surface area contributed by atoms with Gasteiger partial charge in [-0.3, -0.25) is 14.7 Å². The molecule has 1 aliphatic carbocycles. The second-order valence-corrected chi connectivity index (χ2v) is 11.6. The number of nitrogens with one attached hydrogen (secondary N) is 1. The number of aromatic nitrogens is 1. The Morgan fingerprint density at radius 1 is 1.29 bits per heavy atom. The topological polar surface area (TPSA) is 158 Å². The van der Waals surface area contributed by atoms with E-state index in [9.17, 15) is 19.2 Å². The third-order valence-corrected chi connectivity index (χ3v) is 8.01. The Bertz CT molecular complexity index is 816. The highest BCUT2D eigenvalue weighted by Crippen LogP contribution is 2.47. The van der Waals surface area contributed by atoms with Gasteiger partial charge in [0.25, 0.3) is 5.91 Å². The highest BCUT2D eigenvalue weighted by Gasteiger charge is 2.60. The van der Waals surface area contributed by atoms with E-state index in [2.05, 4.69) is 9.71 Å². The fourth-order valence-electron chi connectivity index (χ4n) is 4.38. The maximum absolute atomic E-state index is 13.3. The molecule has 6 N–H and O–H groups in total. The van der Waals surface area contributed by atoms with Crippen LogP contribution in [0.1, 0.15) is 64.9 Å². The molecular weight excluding hydrogens is 418 g/mol. The van der Waals surface area contributed by atoms with Crippen molar-refractivity contribution < 1.29 is 19.2 Å². The zero-order valence-corrected chi connectivity index (χ0v) is 19.2. The first-order valence-corrected chi connectivity index (χ1v) is 11.8. The van der Waals surface area contributed by atoms with Gasteiger partial charge in [0.15, 0.2) is 0 Å². The Hall–Kier alpha value is -1.88. The molecule has 9 nitrogen and oxygen atoms in total. The number of urea groups is 1. The Morgan fingerprint density at radius 2 is 1.90 bits per heavy atom. The predicted molar refractivity (Wildman–Crippen MR) is 117 cm³/mol. The number of likely N-dealkylation sites (tertiary alicyclic amines) is 1. The molecule has 1 aliphatic heterocycles. The summed E-state index contributed by atoms with van der Waals surface area (Å²) in [5.41, 5.74) is 8.70. The lowest BCUT2D eigenvalue weighted by Crippen LogP contribution is -2.67. The average molecular weight is 452 g/mol. The molecule has 3 rings (SSSR count). The minimum absolute atomic E-state index is 0.0456. The summed E-state index contributed by atoms with van der Waals surface area (Å²) in [4.78, 5) is 29.7. The highest BCUT2D eigenvalue weighted by atomic mass is 32.2. The van der Waals surface area contributed by atoms with Crippen molar-refractivity contribution in [1.82, 2.24) is 14.6 Å². The molecule has 4 unspecified atom stereocenters. The largest absolute Gasteiger partial charge is 0.598 e. The van der Waals surface area contributed by atoms with E-state index in [1.165, 1.54) is 0 Å². The third kappa shape index (κ3) is 4.67. The van der Waals surface area contributed by atoms with Crippen molar-refractivity contribution in [2.45, 2.75) is 81.3 Å². The van der Waals surface area contributed by atoms with Crippen LogP contribution in [0.2, 0.25) is 0 Å². The standard InChI is InChI=1S/C21H33N5O4S/c1-19(2,3)31(30)25-20(10-6-14-4-5-14,15-8-12-24-13-9-15)16-7-11-21(29,17(22)27)26(16)18(23)28/h8-9,12-14,16,25,29H,4-7,10-11H2,1-3H3,(H2,22,27)(H2,23,28). The SMILES string of the molecule is CC(C)(C)[S+]([O-])NC(CCC1CC1)(c1ccncc1)C1CCC(O)(C(N)=O)N1C(N)=O. The van der Waals surface area contributed by atoms with Crippen molar-refractivity contribution in [1.29, 1.82) is 0 Å². The van der Waals surface area contributed by atoms with Crippen molar-refractivity contribution in [3.8, 4) is 0 Å². The van der Waals surface area contributed by atoms with Gasteiger partial charge in [-0.15, -0.1) is 4.72 Å². The second-order valence-electron chi connectivity index (χ2n) is 9.62. The Kier molecular flexibility index (Phi) is 6.57. The summed E-state index contributed by atoms with van der Waals surface area (Å²) in [6.07, 6.45) is 7.13. The van der Waals surface area contributed by atoms with Gasteiger partial charge in [0, 0.05) is 30.2 Å². The number of hydrogen-bond donors (Lipinski definition) is 4. The van der Waals surface area contributed by atoms with Crippen LogP contribution in [0.15, 0.2) is 24.5 Å². The van der Waals surface area contributed by atoms with Crippen LogP contribution in [-0.2, 0) is 21.7 Å². The fourth-order valence-corrected chi connectivity index (χ4v) is 5.37. The molecule has 2 fully saturated rings. The lowest BCUT2D eigenvalue weighted by atomic mass is 9.78. The lowest BCUT2D eigenvalue weighted by Gasteiger charge is -2.46. The average Bonchev–Trinajstić information content (AvgIpc) is 3.45. The molecule has 2 aliphatic rings. The summed E-state index contributed by atoms with van der Waals surface area (Å²) in [6, 6.07) is 1.94. The van der Waals surface area contributed by atoms with E-state index in [-0.39, 0.29) is 12.8 Å². The van der Waals surface area contributed by atoms with Gasteiger partial charge in [0.1, 0.15) is 10.3 Å². The number of nitrogens with zero attached hydrogens (tertiary/aromatic N) is 2. The normalized spacial score (nSPS) is 27.0. The molecule has 0 aromatic carbocycles. The van der Waals surface area contributed by atoms with Crippen LogP contribution in [0.25, 0.3) is 0 Å². The summed E-state index contributed by atoms with van der Waals surface area (Å²) < 4.78 is 16.1. The molecule has 10 heteroatoms. The maximum Gasteiger partial charge on any atom is 0.317 e. The van der Waals surface area contributed by atoms with Gasteiger partial charge >= 0.3 is 6.03 Å². The molecule has 1 saturated heterocycles. The first-order valence-electron chi connectivity index (χ1n) is 10.6. The predicted octanol–water partition coefficient (Wildman–Crippen LogP) is 1.24. The number of rotatable bonds is 8. The van der Waals surface area contributed by atoms with Gasteiger partial charge in [-0.05, 0) is 63.6 Å². The molecule has 172 valence electrons. The highest BCUT2D eigenvalue weighted by molar-refractivity contribution is 7.90. The van der Waals surface area contributed by atoms with Crippen LogP contribution in [0, 0.1) is 5.92 Å². The monoisotopic (exact) mass is 451 g/mol. The van der Waals surface area contributed by atoms with Gasteiger partial charge in [0.05, 0.1) is 6.04 Å². The quantitative estimate of drug-likeness (QED) is 0.435. The molecule has 0 bridgehead atoms. The minimum atomic E-state index is -2.20. The van der Waals surface area contributed by atoms with E-state index in [0.717, 1.165) is 29.7 Å². The third-order valence-electron chi connectivity index (χ3n) is 6.35. The first-order chi connectivity index (χ1) is 14.4. The number of aliphatic hydroxyl groups is 1. The van der Waals surface area contributed by atoms with E-state index >= 15 is 0 Å². The first kappa shape index (κ1) is 23.8. The molecule has 1 aromatic rings. The van der Waals surface area contributed by atoms with Crippen LogP contribution in [0.3, 0.4) is 0 Å². The number of carbonyl (C=O) groups is 2. The van der Waals surface area contributed by atoms with E-state index < -0.39 is 45.4 Å². The van der Waals surface area contributed by atoms with Crippen LogP contribution >= 0.6 is 0 Å². The van der Waals surface area contributed by atoms with Gasteiger partial charge in [-0.25, -0.2) is 4.79 Å². The van der Waals surface area contributed by atoms with Gasteiger partial charge < -0.3 is 21.1 Å². The second kappa shape index (κ2) is 8.57. The number of nitrogens with two attached hydrogens (primary N) is 2. The van der Waals surface area contributed by atoms with Crippen molar-refractivity contribution >= 4 is 23.3 Å². The minimum Gasteiger partial charge on any atom is -0.598 e. The van der Waals surface area contributed by atoms with Gasteiger partial charge in [-0.2, -0.15) is 0 Å². The summed E-state index contributed by atoms with van der Waals surface area (Å²) in [5, 5.41) is 11.0. The molecule has 0 radical (unpaired) electrons. The molecule has 3 amide bonds. The zero-order chi connectivity index (χ0) is 23.0. The van der Waals surface area contributed by atoms with E-state index in [1.807, 2.05) is 20.8 Å². The number of primary amides is 2. The number of hydrogen-bond acceptors (Lipinski definition) is 6. The fraction of sp³-hybridized carbons (Fsp3) is 0.667. The van der Waals surface area contributed by atoms with Gasteiger partial charge in [-0.1, -0.05) is 12.8 Å². The Labute approximate surface area is 186 Å². The van der Waals surface area contributed by atoms with Crippen LogP contribution in [0.5, 0.6) is 0 Å². The van der Waals surface area contributed by atoms with Crippen molar-refractivity contribution in [3.05, 3.63) is 30.1 Å².